The number of nitrogens with zero attached hydrogens (tertiary/aromatic N) is 2. The second kappa shape index (κ2) is 7.49. The molecule has 0 aromatic heterocycles. The highest BCUT2D eigenvalue weighted by Gasteiger charge is 2.39. The van der Waals surface area contributed by atoms with E-state index in [-0.39, 0.29) is 30.1 Å². The third-order valence-electron chi connectivity index (χ3n) is 4.28. The number of hydrazone groups is 1. The van der Waals surface area contributed by atoms with Crippen LogP contribution in [0, 0.1) is 11.8 Å². The zero-order valence-electron chi connectivity index (χ0n) is 13.1. The lowest BCUT2D eigenvalue weighted by atomic mass is 9.87. The maximum atomic E-state index is 12.5. The minimum Gasteiger partial charge on any atom is -0.385 e. The Balaban J connectivity index is 1.97. The van der Waals surface area contributed by atoms with Crippen molar-refractivity contribution >= 4 is 23.9 Å². The minimum atomic E-state index is -0.668. The smallest absolute Gasteiger partial charge is 0.251 e. The van der Waals surface area contributed by atoms with Crippen molar-refractivity contribution in [3.63, 3.8) is 0 Å². The van der Waals surface area contributed by atoms with Crippen molar-refractivity contribution < 1.29 is 19.1 Å². The number of carbonyl (C=O) groups excluding carboxylic acids is 3. The molecule has 0 bridgehead atoms. The summed E-state index contributed by atoms with van der Waals surface area (Å²) in [5, 5.41) is 7.71. The molecule has 0 saturated carbocycles. The fraction of sp³-hybridized carbons (Fsp3) is 0.733. The third kappa shape index (κ3) is 3.71. The van der Waals surface area contributed by atoms with Crippen molar-refractivity contribution in [1.29, 1.82) is 0 Å². The zero-order valence-corrected chi connectivity index (χ0v) is 13.1. The molecule has 0 spiro atoms. The molecule has 2 aliphatic heterocycles. The van der Waals surface area contributed by atoms with E-state index in [0.717, 1.165) is 19.3 Å². The predicted octanol–water partition coefficient (Wildman–Crippen LogP) is 0.689. The van der Waals surface area contributed by atoms with Gasteiger partial charge in [-0.25, -0.2) is 5.01 Å². The highest BCUT2D eigenvalue weighted by atomic mass is 16.5. The zero-order chi connectivity index (χ0) is 16.1. The van der Waals surface area contributed by atoms with Gasteiger partial charge in [0.25, 0.3) is 5.91 Å². The summed E-state index contributed by atoms with van der Waals surface area (Å²) >= 11 is 0. The van der Waals surface area contributed by atoms with Gasteiger partial charge in [-0.2, -0.15) is 5.10 Å². The Kier molecular flexibility index (Phi) is 5.65. The molecule has 0 aromatic rings. The van der Waals surface area contributed by atoms with E-state index in [2.05, 4.69) is 10.4 Å². The molecule has 3 unspecified atom stereocenters. The number of unbranched alkanes of at least 4 members (excludes halogenated alkanes) is 1. The quantitative estimate of drug-likeness (QED) is 0.577. The number of amides is 3. The number of piperidine rings is 1. The molecule has 1 saturated heterocycles. The molecule has 0 aliphatic carbocycles. The van der Waals surface area contributed by atoms with E-state index in [1.807, 2.05) is 6.92 Å². The van der Waals surface area contributed by atoms with Crippen molar-refractivity contribution in [2.75, 3.05) is 13.7 Å². The van der Waals surface area contributed by atoms with Crippen molar-refractivity contribution in [1.82, 2.24) is 10.3 Å². The van der Waals surface area contributed by atoms with Crippen LogP contribution in [0.2, 0.25) is 0 Å². The lowest BCUT2D eigenvalue weighted by molar-refractivity contribution is -0.149. The van der Waals surface area contributed by atoms with Crippen molar-refractivity contribution in [2.24, 2.45) is 16.9 Å². The Bertz CT molecular complexity index is 477. The summed E-state index contributed by atoms with van der Waals surface area (Å²) < 4.78 is 5.02. The number of methoxy groups -OCH3 is 1. The summed E-state index contributed by atoms with van der Waals surface area (Å²) in [5.41, 5.74) is 0. The fourth-order valence-corrected chi connectivity index (χ4v) is 2.84. The van der Waals surface area contributed by atoms with Gasteiger partial charge in [-0.3, -0.25) is 19.7 Å². The van der Waals surface area contributed by atoms with Gasteiger partial charge in [0.05, 0.1) is 0 Å². The fourth-order valence-electron chi connectivity index (χ4n) is 2.84. The van der Waals surface area contributed by atoms with Crippen LogP contribution < -0.4 is 5.32 Å². The van der Waals surface area contributed by atoms with Crippen molar-refractivity contribution in [3.8, 4) is 0 Å². The molecule has 1 fully saturated rings. The highest BCUT2D eigenvalue weighted by Crippen LogP contribution is 2.26. The largest absolute Gasteiger partial charge is 0.385 e. The molecule has 2 aliphatic rings. The molecule has 3 amide bonds. The van der Waals surface area contributed by atoms with Crippen molar-refractivity contribution in [3.05, 3.63) is 0 Å². The van der Waals surface area contributed by atoms with E-state index in [4.69, 9.17) is 4.74 Å². The molecule has 3 atom stereocenters. The molecule has 2 rings (SSSR count). The molecule has 0 aromatic carbocycles. The number of carbonyl (C=O) groups is 3. The van der Waals surface area contributed by atoms with Gasteiger partial charge in [-0.1, -0.05) is 13.3 Å². The summed E-state index contributed by atoms with van der Waals surface area (Å²) in [4.78, 5) is 35.5. The van der Waals surface area contributed by atoms with Gasteiger partial charge >= 0.3 is 0 Å². The number of imide groups is 1. The average Bonchev–Trinajstić information content (AvgIpc) is 2.49. The molecular weight excluding hydrogens is 286 g/mol. The lowest BCUT2D eigenvalue weighted by Crippen LogP contribution is -2.55. The van der Waals surface area contributed by atoms with E-state index in [9.17, 15) is 14.4 Å². The normalized spacial score (nSPS) is 28.9. The topological polar surface area (TPSA) is 88.1 Å². The van der Waals surface area contributed by atoms with Gasteiger partial charge < -0.3 is 4.74 Å². The van der Waals surface area contributed by atoms with Crippen LogP contribution in [0.15, 0.2) is 5.10 Å². The first-order valence-electron chi connectivity index (χ1n) is 7.74. The maximum Gasteiger partial charge on any atom is 0.251 e. The van der Waals surface area contributed by atoms with E-state index in [1.165, 1.54) is 5.01 Å². The van der Waals surface area contributed by atoms with Crippen LogP contribution in [0.1, 0.15) is 39.0 Å². The summed E-state index contributed by atoms with van der Waals surface area (Å²) in [7, 11) is 1.67. The van der Waals surface area contributed by atoms with Gasteiger partial charge in [-0.05, 0) is 19.3 Å². The van der Waals surface area contributed by atoms with Gasteiger partial charge in [0.15, 0.2) is 0 Å². The molecule has 0 radical (unpaired) electrons. The lowest BCUT2D eigenvalue weighted by Gasteiger charge is -2.35. The number of hydrogen-bond donors (Lipinski definition) is 1. The first-order chi connectivity index (χ1) is 10.5. The maximum absolute atomic E-state index is 12.5. The van der Waals surface area contributed by atoms with Crippen molar-refractivity contribution in [2.45, 2.75) is 45.1 Å². The number of ether oxygens (including phenoxy) is 1. The molecule has 7 heteroatoms. The first kappa shape index (κ1) is 16.6. The van der Waals surface area contributed by atoms with Crippen LogP contribution in [0.4, 0.5) is 0 Å². The first-order valence-corrected chi connectivity index (χ1v) is 7.74. The van der Waals surface area contributed by atoms with Gasteiger partial charge in [-0.15, -0.1) is 0 Å². The SMILES string of the molecule is COCCCCC1C=NN(C2CCC(=O)NC2=O)C(=O)C1C. The Hall–Kier alpha value is -1.76. The van der Waals surface area contributed by atoms with Crippen LogP contribution in [-0.4, -0.2) is 48.7 Å². The average molecular weight is 309 g/mol. The monoisotopic (exact) mass is 309 g/mol. The predicted molar refractivity (Wildman–Crippen MR) is 79.9 cm³/mol. The molecule has 22 heavy (non-hydrogen) atoms. The van der Waals surface area contributed by atoms with Gasteiger partial charge in [0.1, 0.15) is 6.04 Å². The molecular formula is C15H23N3O4. The Morgan fingerprint density at radius 3 is 2.82 bits per heavy atom. The second-order valence-electron chi connectivity index (χ2n) is 5.86. The standard InChI is InChI=1S/C15H23N3O4/c1-10-11(5-3-4-8-22-2)9-16-18(15(10)21)12-6-7-13(19)17-14(12)20/h9-12H,3-8H2,1-2H3,(H,17,19,20). The Morgan fingerprint density at radius 2 is 2.14 bits per heavy atom. The van der Waals surface area contributed by atoms with Crippen LogP contribution in [0.25, 0.3) is 0 Å². The highest BCUT2D eigenvalue weighted by molar-refractivity contribution is 6.02. The summed E-state index contributed by atoms with van der Waals surface area (Å²) in [5.74, 6) is -0.987. The van der Waals surface area contributed by atoms with E-state index in [0.29, 0.717) is 13.0 Å². The van der Waals surface area contributed by atoms with Gasteiger partial charge in [0.2, 0.25) is 11.8 Å². The molecule has 122 valence electrons. The third-order valence-corrected chi connectivity index (χ3v) is 4.28. The Labute approximate surface area is 130 Å². The summed E-state index contributed by atoms with van der Waals surface area (Å²) in [6.07, 6.45) is 5.15. The number of rotatable bonds is 6. The molecule has 7 nitrogen and oxygen atoms in total. The molecule has 2 heterocycles. The van der Waals surface area contributed by atoms with Crippen LogP contribution in [0.3, 0.4) is 0 Å². The van der Waals surface area contributed by atoms with Crippen LogP contribution in [-0.2, 0) is 19.1 Å². The Morgan fingerprint density at radius 1 is 1.36 bits per heavy atom. The van der Waals surface area contributed by atoms with E-state index >= 15 is 0 Å². The second-order valence-corrected chi connectivity index (χ2v) is 5.86. The minimum absolute atomic E-state index is 0.0916. The number of hydrogen-bond acceptors (Lipinski definition) is 5. The van der Waals surface area contributed by atoms with Crippen LogP contribution >= 0.6 is 0 Å². The summed E-state index contributed by atoms with van der Waals surface area (Å²) in [6, 6.07) is -0.668. The summed E-state index contributed by atoms with van der Waals surface area (Å²) in [6.45, 7) is 2.59. The van der Waals surface area contributed by atoms with Gasteiger partial charge in [0, 0.05) is 38.2 Å². The van der Waals surface area contributed by atoms with E-state index in [1.54, 1.807) is 13.3 Å². The number of nitrogens with one attached hydrogen (secondary N) is 1. The van der Waals surface area contributed by atoms with E-state index < -0.39 is 11.9 Å². The van der Waals surface area contributed by atoms with Crippen LogP contribution in [0.5, 0.6) is 0 Å². The molecule has 1 N–H and O–H groups in total.